The molecular formula is C29H37F3N6OS. The summed E-state index contributed by atoms with van der Waals surface area (Å²) < 4.78 is 40.2. The van der Waals surface area contributed by atoms with Gasteiger partial charge in [0.2, 0.25) is 5.91 Å². The molecule has 0 saturated carbocycles. The molecule has 1 atom stereocenters. The Morgan fingerprint density at radius 1 is 1.10 bits per heavy atom. The van der Waals surface area contributed by atoms with Gasteiger partial charge in [-0.3, -0.25) is 9.36 Å². The third-order valence-electron chi connectivity index (χ3n) is 5.85. The molecule has 11 heteroatoms. The van der Waals surface area contributed by atoms with Gasteiger partial charge in [-0.1, -0.05) is 38.7 Å². The Labute approximate surface area is 237 Å². The second kappa shape index (κ2) is 11.9. The van der Waals surface area contributed by atoms with Gasteiger partial charge < -0.3 is 16.0 Å². The van der Waals surface area contributed by atoms with E-state index in [2.05, 4.69) is 67.1 Å². The minimum atomic E-state index is -4.39. The van der Waals surface area contributed by atoms with Crippen LogP contribution in [0.15, 0.2) is 48.8 Å². The largest absolute Gasteiger partial charge is 0.416 e. The first kappa shape index (κ1) is 30.9. The van der Waals surface area contributed by atoms with Crippen LogP contribution in [0.3, 0.4) is 0 Å². The van der Waals surface area contributed by atoms with Crippen molar-refractivity contribution in [1.82, 2.24) is 19.9 Å². The minimum Gasteiger partial charge on any atom is -0.365 e. The molecule has 0 saturated heterocycles. The van der Waals surface area contributed by atoms with Crippen molar-refractivity contribution < 1.29 is 18.0 Å². The highest BCUT2D eigenvalue weighted by molar-refractivity contribution is 7.15. The number of nitrogens with one attached hydrogen (secondary N) is 3. The molecule has 2 heterocycles. The van der Waals surface area contributed by atoms with Crippen molar-refractivity contribution in [2.24, 2.45) is 5.41 Å². The fourth-order valence-corrected chi connectivity index (χ4v) is 5.37. The van der Waals surface area contributed by atoms with Crippen LogP contribution in [0.2, 0.25) is 0 Å². The summed E-state index contributed by atoms with van der Waals surface area (Å²) in [4.78, 5) is 21.9. The van der Waals surface area contributed by atoms with E-state index in [1.165, 1.54) is 23.5 Å². The topological polar surface area (TPSA) is 83.9 Å². The average molecular weight is 575 g/mol. The number of carbonyl (C=O) groups excluding carboxylic acids is 1. The van der Waals surface area contributed by atoms with E-state index in [-0.39, 0.29) is 16.9 Å². The number of benzene rings is 1. The molecule has 2 aromatic heterocycles. The third kappa shape index (κ3) is 8.45. The number of carbonyl (C=O) groups is 1. The van der Waals surface area contributed by atoms with Crippen LogP contribution in [-0.4, -0.2) is 26.0 Å². The van der Waals surface area contributed by atoms with Crippen molar-refractivity contribution >= 4 is 46.0 Å². The zero-order valence-corrected chi connectivity index (χ0v) is 24.7. The quantitative estimate of drug-likeness (QED) is 0.213. The molecule has 0 bridgehead atoms. The zero-order valence-electron chi connectivity index (χ0n) is 23.9. The number of anilines is 3. The van der Waals surface area contributed by atoms with Crippen LogP contribution >= 0.6 is 11.3 Å². The summed E-state index contributed by atoms with van der Waals surface area (Å²) in [5.74, 6) is 1.08. The smallest absolute Gasteiger partial charge is 0.365 e. The van der Waals surface area contributed by atoms with E-state index in [0.717, 1.165) is 24.4 Å². The number of hydrogen-bond acceptors (Lipinski definition) is 6. The molecular weight excluding hydrogens is 537 g/mol. The molecule has 3 rings (SSSR count). The van der Waals surface area contributed by atoms with Crippen LogP contribution in [0.1, 0.15) is 77.3 Å². The second-order valence-electron chi connectivity index (χ2n) is 11.6. The normalized spacial score (nSPS) is 13.6. The molecule has 40 heavy (non-hydrogen) atoms. The van der Waals surface area contributed by atoms with Gasteiger partial charge in [-0.05, 0) is 69.9 Å². The summed E-state index contributed by atoms with van der Waals surface area (Å²) in [5, 5.41) is 10.8. The molecule has 0 aliphatic rings. The van der Waals surface area contributed by atoms with Crippen molar-refractivity contribution in [3.63, 3.8) is 0 Å². The number of halogens is 3. The lowest BCUT2D eigenvalue weighted by atomic mass is 9.82. The zero-order chi connectivity index (χ0) is 29.9. The molecule has 0 radical (unpaired) electrons. The fourth-order valence-electron chi connectivity index (χ4n) is 4.53. The van der Waals surface area contributed by atoms with Gasteiger partial charge in [0.1, 0.15) is 21.7 Å². The van der Waals surface area contributed by atoms with Crippen LogP contribution in [0.5, 0.6) is 0 Å². The number of amides is 1. The molecule has 0 aliphatic carbocycles. The maximum absolute atomic E-state index is 13.1. The van der Waals surface area contributed by atoms with Gasteiger partial charge in [0.25, 0.3) is 0 Å². The molecule has 7 nitrogen and oxygen atoms in total. The predicted molar refractivity (Wildman–Crippen MR) is 157 cm³/mol. The lowest BCUT2D eigenvalue weighted by Crippen LogP contribution is -2.36. The Morgan fingerprint density at radius 2 is 1.75 bits per heavy atom. The summed E-state index contributed by atoms with van der Waals surface area (Å²) >= 11 is 1.31. The lowest BCUT2D eigenvalue weighted by Gasteiger charge is -2.34. The highest BCUT2D eigenvalue weighted by atomic mass is 32.1. The SMILES string of the molecule is C=Cc1ncc(NC(C)(C)CC(C)(C)C)n1/C=C(\C)C(=O)NC(C)c1ncc(Nc2ccc(C(F)(F)F)cc2)s1. The van der Waals surface area contributed by atoms with E-state index in [0.29, 0.717) is 27.1 Å². The molecule has 1 amide bonds. The Hall–Kier alpha value is -3.60. The van der Waals surface area contributed by atoms with Gasteiger partial charge >= 0.3 is 6.18 Å². The Balaban J connectivity index is 1.69. The van der Waals surface area contributed by atoms with E-state index in [4.69, 9.17) is 0 Å². The number of hydrogen-bond donors (Lipinski definition) is 3. The van der Waals surface area contributed by atoms with Crippen LogP contribution in [-0.2, 0) is 11.0 Å². The standard InChI is InChI=1S/C29H37F3N6OS/c1-9-22-33-14-23(37-28(7,8)17-27(4,5)6)38(22)16-18(2)25(39)35-19(3)26-34-15-24(40-26)36-21-12-10-20(11-13-21)29(30,31)32/h9-16,19,36-37H,1,17H2,2-8H3,(H,35,39)/b18-16+. The number of rotatable bonds is 10. The highest BCUT2D eigenvalue weighted by Crippen LogP contribution is 2.32. The van der Waals surface area contributed by atoms with Gasteiger partial charge in [0, 0.05) is 23.0 Å². The molecule has 1 unspecified atom stereocenters. The van der Waals surface area contributed by atoms with Gasteiger partial charge in [0.15, 0.2) is 0 Å². The maximum Gasteiger partial charge on any atom is 0.416 e. The van der Waals surface area contributed by atoms with E-state index < -0.39 is 17.8 Å². The molecule has 0 spiro atoms. The molecule has 3 aromatic rings. The highest BCUT2D eigenvalue weighted by Gasteiger charge is 2.30. The van der Waals surface area contributed by atoms with Crippen LogP contribution in [0.25, 0.3) is 12.3 Å². The molecule has 3 N–H and O–H groups in total. The molecule has 1 aromatic carbocycles. The number of aromatic nitrogens is 3. The lowest BCUT2D eigenvalue weighted by molar-refractivity contribution is -0.137. The summed E-state index contributed by atoms with van der Waals surface area (Å²) in [5.41, 5.74) is 0.156. The number of thiazole rings is 1. The van der Waals surface area contributed by atoms with Crippen LogP contribution in [0, 0.1) is 5.41 Å². The first-order valence-electron chi connectivity index (χ1n) is 12.8. The summed E-state index contributed by atoms with van der Waals surface area (Å²) in [6.45, 7) is 18.2. The number of imidazole rings is 1. The monoisotopic (exact) mass is 574 g/mol. The number of alkyl halides is 3. The van der Waals surface area contributed by atoms with E-state index in [1.54, 1.807) is 31.6 Å². The Bertz CT molecular complexity index is 1360. The summed E-state index contributed by atoms with van der Waals surface area (Å²) in [6, 6.07) is 4.37. The Kier molecular flexibility index (Phi) is 9.18. The van der Waals surface area contributed by atoms with Crippen molar-refractivity contribution in [2.45, 2.75) is 72.6 Å². The van der Waals surface area contributed by atoms with Gasteiger partial charge in [0.05, 0.1) is 24.0 Å². The van der Waals surface area contributed by atoms with Crippen LogP contribution in [0.4, 0.5) is 29.7 Å². The van der Waals surface area contributed by atoms with Crippen molar-refractivity contribution in [3.8, 4) is 0 Å². The van der Waals surface area contributed by atoms with Crippen LogP contribution < -0.4 is 16.0 Å². The maximum atomic E-state index is 13.1. The minimum absolute atomic E-state index is 0.118. The summed E-state index contributed by atoms with van der Waals surface area (Å²) in [6.07, 6.45) is 3.20. The molecule has 0 aliphatic heterocycles. The second-order valence-corrected chi connectivity index (χ2v) is 12.7. The van der Waals surface area contributed by atoms with Gasteiger partial charge in [-0.15, -0.1) is 0 Å². The number of nitrogens with zero attached hydrogens (tertiary/aromatic N) is 3. The van der Waals surface area contributed by atoms with E-state index in [9.17, 15) is 18.0 Å². The first-order chi connectivity index (χ1) is 18.5. The van der Waals surface area contributed by atoms with E-state index in [1.807, 2.05) is 11.5 Å². The van der Waals surface area contributed by atoms with Crippen molar-refractivity contribution in [1.29, 1.82) is 0 Å². The van der Waals surface area contributed by atoms with Gasteiger partial charge in [-0.2, -0.15) is 13.2 Å². The summed E-state index contributed by atoms with van der Waals surface area (Å²) in [7, 11) is 0. The van der Waals surface area contributed by atoms with Crippen molar-refractivity contribution in [3.05, 3.63) is 65.2 Å². The first-order valence-corrected chi connectivity index (χ1v) is 13.7. The molecule has 0 fully saturated rings. The van der Waals surface area contributed by atoms with E-state index >= 15 is 0 Å². The van der Waals surface area contributed by atoms with Gasteiger partial charge in [-0.25, -0.2) is 9.97 Å². The molecule has 216 valence electrons. The Morgan fingerprint density at radius 3 is 2.33 bits per heavy atom. The fraction of sp³-hybridized carbons (Fsp3) is 0.414. The average Bonchev–Trinajstić information content (AvgIpc) is 3.44. The van der Waals surface area contributed by atoms with Crippen molar-refractivity contribution in [2.75, 3.05) is 10.6 Å². The predicted octanol–water partition coefficient (Wildman–Crippen LogP) is 8.11. The third-order valence-corrected chi connectivity index (χ3v) is 6.94.